The molecule has 0 saturated carbocycles. The fourth-order valence-electron chi connectivity index (χ4n) is 1.95. The van der Waals surface area contributed by atoms with Crippen molar-refractivity contribution in [3.05, 3.63) is 29.6 Å². The summed E-state index contributed by atoms with van der Waals surface area (Å²) in [6, 6.07) is 3.49. The number of benzene rings is 1. The third-order valence-electron chi connectivity index (χ3n) is 3.22. The molecular formula is C13H17FN2O4S. The number of carbonyl (C=O) groups is 1. The Hall–Kier alpha value is -1.51. The van der Waals surface area contributed by atoms with Gasteiger partial charge in [0.15, 0.2) is 0 Å². The van der Waals surface area contributed by atoms with Gasteiger partial charge in [0.25, 0.3) is 0 Å². The number of nitrogens with one attached hydrogen (secondary N) is 1. The smallest absolute Gasteiger partial charge is 0.241 e. The number of nitrogens with zero attached hydrogens (tertiary/aromatic N) is 1. The van der Waals surface area contributed by atoms with E-state index < -0.39 is 15.8 Å². The first-order chi connectivity index (χ1) is 9.90. The van der Waals surface area contributed by atoms with Crippen LogP contribution in [0.3, 0.4) is 0 Å². The van der Waals surface area contributed by atoms with E-state index in [9.17, 15) is 17.6 Å². The Morgan fingerprint density at radius 2 is 2.05 bits per heavy atom. The molecule has 0 spiro atoms. The number of morpholine rings is 1. The van der Waals surface area contributed by atoms with Crippen LogP contribution in [0.5, 0.6) is 0 Å². The van der Waals surface area contributed by atoms with Crippen molar-refractivity contribution in [1.29, 1.82) is 0 Å². The molecule has 6 nitrogen and oxygen atoms in total. The zero-order valence-electron chi connectivity index (χ0n) is 11.6. The van der Waals surface area contributed by atoms with Crippen LogP contribution in [0, 0.1) is 12.7 Å². The number of hydrogen-bond donors (Lipinski definition) is 1. The molecule has 1 aromatic rings. The number of halogens is 1. The summed E-state index contributed by atoms with van der Waals surface area (Å²) in [6.45, 7) is 2.98. The molecule has 1 aromatic carbocycles. The molecule has 0 aromatic heterocycles. The maximum atomic E-state index is 13.2. The molecule has 0 atom stereocenters. The molecule has 1 N–H and O–H groups in total. The predicted octanol–water partition coefficient (Wildman–Crippen LogP) is 0.271. The van der Waals surface area contributed by atoms with Crippen molar-refractivity contribution in [1.82, 2.24) is 9.62 Å². The van der Waals surface area contributed by atoms with Crippen LogP contribution in [0.1, 0.15) is 5.56 Å². The summed E-state index contributed by atoms with van der Waals surface area (Å²) in [5, 5.41) is 0. The zero-order valence-corrected chi connectivity index (χ0v) is 12.5. The van der Waals surface area contributed by atoms with Gasteiger partial charge in [0, 0.05) is 13.1 Å². The van der Waals surface area contributed by atoms with Gasteiger partial charge in [-0.05, 0) is 30.7 Å². The van der Waals surface area contributed by atoms with Crippen LogP contribution in [0.2, 0.25) is 0 Å². The minimum atomic E-state index is -3.83. The molecule has 1 aliphatic rings. The van der Waals surface area contributed by atoms with E-state index in [1.165, 1.54) is 19.1 Å². The molecule has 1 heterocycles. The Morgan fingerprint density at radius 3 is 2.67 bits per heavy atom. The normalized spacial score (nSPS) is 16.0. The van der Waals surface area contributed by atoms with Gasteiger partial charge in [-0.1, -0.05) is 0 Å². The second kappa shape index (κ2) is 6.50. The van der Waals surface area contributed by atoms with Crippen molar-refractivity contribution < 1.29 is 22.3 Å². The number of amides is 1. The predicted molar refractivity (Wildman–Crippen MR) is 73.7 cm³/mol. The van der Waals surface area contributed by atoms with Gasteiger partial charge in [-0.25, -0.2) is 17.5 Å². The average Bonchev–Trinajstić information content (AvgIpc) is 2.48. The summed E-state index contributed by atoms with van der Waals surface area (Å²) >= 11 is 0. The number of aryl methyl sites for hydroxylation is 1. The van der Waals surface area contributed by atoms with Gasteiger partial charge in [0.1, 0.15) is 5.82 Å². The van der Waals surface area contributed by atoms with Gasteiger partial charge >= 0.3 is 0 Å². The van der Waals surface area contributed by atoms with E-state index in [4.69, 9.17) is 4.74 Å². The molecule has 1 aliphatic heterocycles. The Labute approximate surface area is 122 Å². The van der Waals surface area contributed by atoms with Crippen LogP contribution in [-0.2, 0) is 19.6 Å². The summed E-state index contributed by atoms with van der Waals surface area (Å²) in [7, 11) is -3.83. The minimum absolute atomic E-state index is 0.0591. The monoisotopic (exact) mass is 316 g/mol. The van der Waals surface area contributed by atoms with Crippen LogP contribution in [0.25, 0.3) is 0 Å². The lowest BCUT2D eigenvalue weighted by Crippen LogP contribution is -2.45. The van der Waals surface area contributed by atoms with Crippen LogP contribution in [-0.4, -0.2) is 52.1 Å². The highest BCUT2D eigenvalue weighted by molar-refractivity contribution is 7.89. The van der Waals surface area contributed by atoms with E-state index in [2.05, 4.69) is 4.72 Å². The van der Waals surface area contributed by atoms with Crippen LogP contribution < -0.4 is 4.72 Å². The summed E-state index contributed by atoms with van der Waals surface area (Å²) in [4.78, 5) is 13.4. The summed E-state index contributed by atoms with van der Waals surface area (Å²) in [6.07, 6.45) is 0. The van der Waals surface area contributed by atoms with E-state index in [1.807, 2.05) is 0 Å². The molecule has 116 valence electrons. The first-order valence-electron chi connectivity index (χ1n) is 6.51. The Kier molecular flexibility index (Phi) is 4.92. The quantitative estimate of drug-likeness (QED) is 0.865. The standard InChI is InChI=1S/C13H17FN2O4S/c1-10-8-11(2-3-12(10)14)21(18,19)15-9-13(17)16-4-6-20-7-5-16/h2-3,8,15H,4-7,9H2,1H3. The van der Waals surface area contributed by atoms with E-state index >= 15 is 0 Å². The number of ether oxygens (including phenoxy) is 1. The van der Waals surface area contributed by atoms with Gasteiger partial charge in [0.05, 0.1) is 24.7 Å². The fourth-order valence-corrected chi connectivity index (χ4v) is 3.01. The molecule has 1 amide bonds. The Balaban J connectivity index is 2.00. The molecular weight excluding hydrogens is 299 g/mol. The molecule has 0 radical (unpaired) electrons. The summed E-state index contributed by atoms with van der Waals surface area (Å²) < 4.78 is 44.6. The number of carbonyl (C=O) groups excluding carboxylic acids is 1. The molecule has 1 saturated heterocycles. The maximum absolute atomic E-state index is 13.2. The molecule has 2 rings (SSSR count). The van der Waals surface area contributed by atoms with Crippen molar-refractivity contribution in [3.63, 3.8) is 0 Å². The molecule has 0 aliphatic carbocycles. The lowest BCUT2D eigenvalue weighted by molar-refractivity contribution is -0.133. The molecule has 0 bridgehead atoms. The first kappa shape index (κ1) is 15.9. The van der Waals surface area contributed by atoms with Gasteiger partial charge < -0.3 is 9.64 Å². The minimum Gasteiger partial charge on any atom is -0.378 e. The van der Waals surface area contributed by atoms with Crippen LogP contribution >= 0.6 is 0 Å². The highest BCUT2D eigenvalue weighted by atomic mass is 32.2. The van der Waals surface area contributed by atoms with Crippen molar-refractivity contribution >= 4 is 15.9 Å². The second-order valence-electron chi connectivity index (χ2n) is 4.73. The number of hydrogen-bond acceptors (Lipinski definition) is 4. The van der Waals surface area contributed by atoms with Crippen molar-refractivity contribution in [2.75, 3.05) is 32.8 Å². The summed E-state index contributed by atoms with van der Waals surface area (Å²) in [5.41, 5.74) is 0.234. The number of rotatable bonds is 4. The Bertz CT molecular complexity index is 627. The largest absolute Gasteiger partial charge is 0.378 e. The topological polar surface area (TPSA) is 75.7 Å². The van der Waals surface area contributed by atoms with Crippen molar-refractivity contribution in [3.8, 4) is 0 Å². The third kappa shape index (κ3) is 3.99. The third-order valence-corrected chi connectivity index (χ3v) is 4.62. The molecule has 8 heteroatoms. The van der Waals surface area contributed by atoms with Gasteiger partial charge in [-0.2, -0.15) is 0 Å². The first-order valence-corrected chi connectivity index (χ1v) is 8.00. The fraction of sp³-hybridized carbons (Fsp3) is 0.462. The molecule has 21 heavy (non-hydrogen) atoms. The van der Waals surface area contributed by atoms with Crippen LogP contribution in [0.4, 0.5) is 4.39 Å². The second-order valence-corrected chi connectivity index (χ2v) is 6.50. The van der Waals surface area contributed by atoms with E-state index in [0.717, 1.165) is 6.07 Å². The maximum Gasteiger partial charge on any atom is 0.241 e. The van der Waals surface area contributed by atoms with E-state index in [1.54, 1.807) is 4.90 Å². The molecule has 0 unspecified atom stereocenters. The van der Waals surface area contributed by atoms with Crippen molar-refractivity contribution in [2.24, 2.45) is 0 Å². The summed E-state index contributed by atoms with van der Waals surface area (Å²) in [5.74, 6) is -0.779. The van der Waals surface area contributed by atoms with E-state index in [-0.39, 0.29) is 22.9 Å². The van der Waals surface area contributed by atoms with Crippen molar-refractivity contribution in [2.45, 2.75) is 11.8 Å². The average molecular weight is 316 g/mol. The lowest BCUT2D eigenvalue weighted by Gasteiger charge is -2.26. The SMILES string of the molecule is Cc1cc(S(=O)(=O)NCC(=O)N2CCOCC2)ccc1F. The highest BCUT2D eigenvalue weighted by Crippen LogP contribution is 2.14. The van der Waals surface area contributed by atoms with Gasteiger partial charge in [0.2, 0.25) is 15.9 Å². The zero-order chi connectivity index (χ0) is 15.5. The molecule has 1 fully saturated rings. The van der Waals surface area contributed by atoms with Gasteiger partial charge in [-0.3, -0.25) is 4.79 Å². The van der Waals surface area contributed by atoms with Gasteiger partial charge in [-0.15, -0.1) is 0 Å². The van der Waals surface area contributed by atoms with E-state index in [0.29, 0.717) is 26.3 Å². The highest BCUT2D eigenvalue weighted by Gasteiger charge is 2.20. The number of sulfonamides is 1. The Morgan fingerprint density at radius 1 is 1.38 bits per heavy atom. The van der Waals surface area contributed by atoms with Crippen LogP contribution in [0.15, 0.2) is 23.1 Å². The lowest BCUT2D eigenvalue weighted by atomic mass is 10.2.